The molecule has 2 aromatic rings. The zero-order valence-electron chi connectivity index (χ0n) is 10.6. The van der Waals surface area contributed by atoms with Gasteiger partial charge in [-0.1, -0.05) is 12.1 Å². The fraction of sp³-hybridized carbons (Fsp3) is 0.357. The standard InChI is InChI=1S/C14H19N3S/c1-17(9-7-12-5-4-10-18-12)14(11-15)13-6-2-3-8-16-13/h2-6,8,10,14H,7,9,11,15H2,1H3. The molecule has 0 fully saturated rings. The van der Waals surface area contributed by atoms with Crippen molar-refractivity contribution in [3.8, 4) is 0 Å². The molecule has 3 nitrogen and oxygen atoms in total. The highest BCUT2D eigenvalue weighted by Gasteiger charge is 2.16. The molecular weight excluding hydrogens is 242 g/mol. The Morgan fingerprint density at radius 3 is 2.83 bits per heavy atom. The summed E-state index contributed by atoms with van der Waals surface area (Å²) >= 11 is 1.81. The van der Waals surface area contributed by atoms with Gasteiger partial charge in [-0.3, -0.25) is 9.88 Å². The number of nitrogens with zero attached hydrogens (tertiary/aromatic N) is 2. The first kappa shape index (κ1) is 13.2. The molecule has 0 aromatic carbocycles. The second-order valence-corrected chi connectivity index (χ2v) is 5.35. The topological polar surface area (TPSA) is 42.1 Å². The van der Waals surface area contributed by atoms with E-state index in [9.17, 15) is 0 Å². The van der Waals surface area contributed by atoms with Crippen molar-refractivity contribution in [1.29, 1.82) is 0 Å². The molecule has 96 valence electrons. The van der Waals surface area contributed by atoms with E-state index in [2.05, 4.69) is 34.4 Å². The second-order valence-electron chi connectivity index (χ2n) is 4.32. The zero-order valence-corrected chi connectivity index (χ0v) is 11.4. The van der Waals surface area contributed by atoms with Crippen LogP contribution in [0.3, 0.4) is 0 Å². The molecule has 2 aromatic heterocycles. The van der Waals surface area contributed by atoms with Gasteiger partial charge in [0.15, 0.2) is 0 Å². The minimum atomic E-state index is 0.200. The number of rotatable bonds is 6. The largest absolute Gasteiger partial charge is 0.329 e. The van der Waals surface area contributed by atoms with Crippen molar-refractivity contribution in [1.82, 2.24) is 9.88 Å². The summed E-state index contributed by atoms with van der Waals surface area (Å²) in [5.41, 5.74) is 6.93. The van der Waals surface area contributed by atoms with E-state index in [0.717, 1.165) is 18.7 Å². The lowest BCUT2D eigenvalue weighted by molar-refractivity contribution is 0.249. The van der Waals surface area contributed by atoms with Crippen molar-refractivity contribution in [3.63, 3.8) is 0 Å². The van der Waals surface area contributed by atoms with Crippen LogP contribution in [0, 0.1) is 0 Å². The lowest BCUT2D eigenvalue weighted by Gasteiger charge is -2.26. The Balaban J connectivity index is 1.95. The predicted molar refractivity (Wildman–Crippen MR) is 76.7 cm³/mol. The maximum atomic E-state index is 5.88. The number of aromatic nitrogens is 1. The molecule has 0 radical (unpaired) electrons. The number of hydrogen-bond donors (Lipinski definition) is 1. The van der Waals surface area contributed by atoms with Gasteiger partial charge in [0.2, 0.25) is 0 Å². The fourth-order valence-corrected chi connectivity index (χ4v) is 2.69. The summed E-state index contributed by atoms with van der Waals surface area (Å²) in [5, 5.41) is 2.12. The summed E-state index contributed by atoms with van der Waals surface area (Å²) in [7, 11) is 2.11. The van der Waals surface area contributed by atoms with Crippen LogP contribution in [-0.2, 0) is 6.42 Å². The first-order valence-corrected chi connectivity index (χ1v) is 7.03. The van der Waals surface area contributed by atoms with Crippen LogP contribution >= 0.6 is 11.3 Å². The molecule has 4 heteroatoms. The van der Waals surface area contributed by atoms with Gasteiger partial charge in [-0.2, -0.15) is 0 Å². The van der Waals surface area contributed by atoms with E-state index in [4.69, 9.17) is 5.73 Å². The molecular formula is C14H19N3S. The summed E-state index contributed by atoms with van der Waals surface area (Å²) in [6.45, 7) is 1.59. The van der Waals surface area contributed by atoms with Crippen LogP contribution in [0.25, 0.3) is 0 Å². The quantitative estimate of drug-likeness (QED) is 0.867. The Bertz CT molecular complexity index is 441. The summed E-state index contributed by atoms with van der Waals surface area (Å²) in [4.78, 5) is 8.09. The van der Waals surface area contributed by atoms with Gasteiger partial charge in [-0.15, -0.1) is 11.3 Å². The smallest absolute Gasteiger partial charge is 0.0642 e. The van der Waals surface area contributed by atoms with Crippen LogP contribution in [0.5, 0.6) is 0 Å². The van der Waals surface area contributed by atoms with Gasteiger partial charge >= 0.3 is 0 Å². The maximum Gasteiger partial charge on any atom is 0.0642 e. The van der Waals surface area contributed by atoms with Gasteiger partial charge in [-0.25, -0.2) is 0 Å². The van der Waals surface area contributed by atoms with Crippen molar-refractivity contribution in [2.45, 2.75) is 12.5 Å². The average Bonchev–Trinajstić information content (AvgIpc) is 2.92. The SMILES string of the molecule is CN(CCc1cccs1)C(CN)c1ccccn1. The molecule has 0 aliphatic heterocycles. The van der Waals surface area contributed by atoms with Gasteiger partial charge < -0.3 is 5.73 Å². The molecule has 0 amide bonds. The van der Waals surface area contributed by atoms with Crippen LogP contribution in [0.2, 0.25) is 0 Å². The van der Waals surface area contributed by atoms with E-state index < -0.39 is 0 Å². The van der Waals surface area contributed by atoms with Crippen LogP contribution in [-0.4, -0.2) is 30.0 Å². The van der Waals surface area contributed by atoms with E-state index in [1.165, 1.54) is 4.88 Å². The van der Waals surface area contributed by atoms with Gasteiger partial charge in [0, 0.05) is 24.2 Å². The molecule has 0 spiro atoms. The third-order valence-corrected chi connectivity index (χ3v) is 4.01. The van der Waals surface area contributed by atoms with E-state index in [1.54, 1.807) is 11.3 Å². The van der Waals surface area contributed by atoms with E-state index >= 15 is 0 Å². The van der Waals surface area contributed by atoms with E-state index in [-0.39, 0.29) is 6.04 Å². The lowest BCUT2D eigenvalue weighted by atomic mass is 10.1. The molecule has 1 atom stereocenters. The summed E-state index contributed by atoms with van der Waals surface area (Å²) in [5.74, 6) is 0. The van der Waals surface area contributed by atoms with Crippen molar-refractivity contribution in [2.75, 3.05) is 20.1 Å². The summed E-state index contributed by atoms with van der Waals surface area (Å²) < 4.78 is 0. The highest BCUT2D eigenvalue weighted by atomic mass is 32.1. The van der Waals surface area contributed by atoms with Gasteiger partial charge in [0.1, 0.15) is 0 Å². The summed E-state index contributed by atoms with van der Waals surface area (Å²) in [6, 6.07) is 10.5. The third kappa shape index (κ3) is 3.38. The minimum Gasteiger partial charge on any atom is -0.329 e. The first-order chi connectivity index (χ1) is 8.81. The predicted octanol–water partition coefficient (Wildman–Crippen LogP) is 2.32. The maximum absolute atomic E-state index is 5.88. The Labute approximate surface area is 112 Å². The molecule has 18 heavy (non-hydrogen) atoms. The average molecular weight is 261 g/mol. The number of pyridine rings is 1. The Kier molecular flexibility index (Phi) is 4.87. The van der Waals surface area contributed by atoms with Gasteiger partial charge in [0.05, 0.1) is 11.7 Å². The first-order valence-electron chi connectivity index (χ1n) is 6.15. The Hall–Kier alpha value is -1.23. The third-order valence-electron chi connectivity index (χ3n) is 3.08. The van der Waals surface area contributed by atoms with E-state index in [1.807, 2.05) is 24.4 Å². The van der Waals surface area contributed by atoms with Crippen molar-refractivity contribution >= 4 is 11.3 Å². The second kappa shape index (κ2) is 6.64. The zero-order chi connectivity index (χ0) is 12.8. The fourth-order valence-electron chi connectivity index (χ4n) is 2.00. The highest BCUT2D eigenvalue weighted by molar-refractivity contribution is 7.09. The van der Waals surface area contributed by atoms with Gasteiger partial charge in [-0.05, 0) is 37.0 Å². The molecule has 2 heterocycles. The Morgan fingerprint density at radius 2 is 2.22 bits per heavy atom. The molecule has 0 saturated carbocycles. The van der Waals surface area contributed by atoms with Crippen LogP contribution in [0.15, 0.2) is 41.9 Å². The summed E-state index contributed by atoms with van der Waals surface area (Å²) in [6.07, 6.45) is 2.89. The molecule has 1 unspecified atom stereocenters. The normalized spacial score (nSPS) is 12.8. The molecule has 0 aliphatic rings. The molecule has 0 saturated heterocycles. The monoisotopic (exact) mass is 261 g/mol. The van der Waals surface area contributed by atoms with Crippen molar-refractivity contribution in [3.05, 3.63) is 52.5 Å². The Morgan fingerprint density at radius 1 is 1.33 bits per heavy atom. The highest BCUT2D eigenvalue weighted by Crippen LogP contribution is 2.17. The lowest BCUT2D eigenvalue weighted by Crippen LogP contribution is -2.32. The van der Waals surface area contributed by atoms with Crippen molar-refractivity contribution < 1.29 is 0 Å². The van der Waals surface area contributed by atoms with Crippen LogP contribution in [0.4, 0.5) is 0 Å². The molecule has 0 aliphatic carbocycles. The molecule has 0 bridgehead atoms. The van der Waals surface area contributed by atoms with Crippen LogP contribution < -0.4 is 5.73 Å². The minimum absolute atomic E-state index is 0.200. The van der Waals surface area contributed by atoms with Crippen molar-refractivity contribution in [2.24, 2.45) is 5.73 Å². The van der Waals surface area contributed by atoms with Crippen LogP contribution in [0.1, 0.15) is 16.6 Å². The van der Waals surface area contributed by atoms with E-state index in [0.29, 0.717) is 6.54 Å². The van der Waals surface area contributed by atoms with Gasteiger partial charge in [0.25, 0.3) is 0 Å². The molecule has 2 N–H and O–H groups in total. The molecule has 2 rings (SSSR count). The number of thiophene rings is 1. The number of hydrogen-bond acceptors (Lipinski definition) is 4. The number of nitrogens with two attached hydrogens (primary N) is 1. The number of likely N-dealkylation sites (N-methyl/N-ethyl adjacent to an activating group) is 1.